The van der Waals surface area contributed by atoms with Crippen molar-refractivity contribution < 1.29 is 20.8 Å². The summed E-state index contributed by atoms with van der Waals surface area (Å²) in [5, 5.41) is 5.44. The van der Waals surface area contributed by atoms with Gasteiger partial charge in [0.25, 0.3) is 0 Å². The molecule has 4 heteroatoms. The molecule has 5 rings (SSSR count). The van der Waals surface area contributed by atoms with Crippen molar-refractivity contribution in [2.45, 2.75) is 71.9 Å². The molecule has 0 atom stereocenters. The number of unbranched alkanes of at least 4 members (excludes halogenated alkanes) is 3. The predicted molar refractivity (Wildman–Crippen MR) is 176 cm³/mol. The Hall–Kier alpha value is -1.44. The van der Waals surface area contributed by atoms with Gasteiger partial charge < -0.3 is 0 Å². The number of aryl methyl sites for hydroxylation is 2. The van der Waals surface area contributed by atoms with E-state index in [2.05, 4.69) is 124 Å². The molecule has 0 N–H and O–H groups in total. The molecule has 5 aromatic rings. The smallest absolute Gasteiger partial charge is 0.0809 e. The van der Waals surface area contributed by atoms with Gasteiger partial charge in [0, 0.05) is 9.52 Å². The summed E-state index contributed by atoms with van der Waals surface area (Å²) in [4.78, 5) is 0. The average Bonchev–Trinajstić information content (AvgIpc) is 3.60. The molecule has 204 valence electrons. The van der Waals surface area contributed by atoms with Crippen LogP contribution in [-0.2, 0) is 33.7 Å². The number of fused-ring (bicyclic) bond motifs is 2. The van der Waals surface area contributed by atoms with Crippen molar-refractivity contribution in [3.05, 3.63) is 108 Å². The van der Waals surface area contributed by atoms with Crippen LogP contribution in [0.5, 0.6) is 0 Å². The van der Waals surface area contributed by atoms with Crippen molar-refractivity contribution in [3.8, 4) is 11.1 Å². The van der Waals surface area contributed by atoms with Gasteiger partial charge in [-0.25, -0.2) is 0 Å². The van der Waals surface area contributed by atoms with E-state index >= 15 is 0 Å². The molecular weight excluding hydrogens is 611 g/mol. The minimum atomic E-state index is -0.826. The van der Waals surface area contributed by atoms with Gasteiger partial charge in [-0.2, -0.15) is 23.6 Å². The van der Waals surface area contributed by atoms with Crippen LogP contribution in [0.2, 0.25) is 13.1 Å². The Bertz CT molecular complexity index is 1270. The van der Waals surface area contributed by atoms with Crippen LogP contribution in [0, 0.1) is 0 Å². The summed E-state index contributed by atoms with van der Waals surface area (Å²) in [7, 11) is 11.0. The molecule has 0 aliphatic rings. The summed E-state index contributed by atoms with van der Waals surface area (Å²) >= 11 is -0.826. The molecule has 0 aliphatic carbocycles. The number of hydrogen-bond acceptors (Lipinski definition) is 0. The molecule has 0 unspecified atom stereocenters. The summed E-state index contributed by atoms with van der Waals surface area (Å²) in [5.74, 6) is 0. The van der Waals surface area contributed by atoms with Crippen molar-refractivity contribution in [1.29, 1.82) is 0 Å². The van der Waals surface area contributed by atoms with Gasteiger partial charge in [-0.15, -0.1) is 64.2 Å². The fourth-order valence-corrected chi connectivity index (χ4v) is 4.66. The van der Waals surface area contributed by atoms with E-state index in [0.29, 0.717) is 0 Å². The largest absolute Gasteiger partial charge is 0.168 e. The van der Waals surface area contributed by atoms with Crippen molar-refractivity contribution in [3.63, 3.8) is 0 Å². The van der Waals surface area contributed by atoms with E-state index in [4.69, 9.17) is 17.0 Å². The summed E-state index contributed by atoms with van der Waals surface area (Å²) in [6.07, 6.45) is 8.92. The number of halogens is 2. The van der Waals surface area contributed by atoms with E-state index in [1.165, 1.54) is 88.7 Å². The molecule has 0 fully saturated rings. The van der Waals surface area contributed by atoms with Crippen LogP contribution in [0.4, 0.5) is 0 Å². The molecule has 5 aromatic carbocycles. The third-order valence-electron chi connectivity index (χ3n) is 6.48. The second kappa shape index (κ2) is 20.4. The van der Waals surface area contributed by atoms with Crippen LogP contribution in [0.15, 0.2) is 97.1 Å². The minimum Gasteiger partial charge on any atom is -0.168 e. The normalized spacial score (nSPS) is 10.0. The van der Waals surface area contributed by atoms with E-state index < -0.39 is 20.8 Å². The first-order chi connectivity index (χ1) is 19.1. The zero-order valence-corrected chi connectivity index (χ0v) is 28.9. The van der Waals surface area contributed by atoms with Gasteiger partial charge in [-0.3, -0.25) is 0 Å². The molecule has 0 aliphatic heterocycles. The summed E-state index contributed by atoms with van der Waals surface area (Å²) in [5.41, 5.74) is 5.64. The summed E-state index contributed by atoms with van der Waals surface area (Å²) < 4.78 is 0. The standard InChI is InChI=1S/C24H29.C9H7.C2H6Si.2ClH.Zr/c1-3-5-6-7-10-19-13-15-21(16-14-19)23-12-8-11-22-17-20(9-4-2)18-24(22)23;1-2-5-9-7-3-6-8(9)4-1;1-3-2;;;/h8,11-18H,3-7,9-10H2,1-2H3;1-7H;1-2H3;2*1H;/q2*-1;;;;+4/p-2. The molecule has 0 bridgehead atoms. The van der Waals surface area contributed by atoms with Crippen LogP contribution >= 0.6 is 17.0 Å². The number of benzene rings is 3. The monoisotopic (exact) mass is 650 g/mol. The third kappa shape index (κ3) is 11.9. The zero-order chi connectivity index (χ0) is 28.3. The van der Waals surface area contributed by atoms with Crippen LogP contribution in [-0.4, -0.2) is 9.52 Å². The van der Waals surface area contributed by atoms with Gasteiger partial charge in [-0.05, 0) is 30.4 Å². The van der Waals surface area contributed by atoms with Gasteiger partial charge >= 0.3 is 37.9 Å². The van der Waals surface area contributed by atoms with Gasteiger partial charge in [0.15, 0.2) is 0 Å². The van der Waals surface area contributed by atoms with E-state index in [-0.39, 0.29) is 0 Å². The molecule has 0 amide bonds. The molecule has 0 aromatic heterocycles. The van der Waals surface area contributed by atoms with Crippen molar-refractivity contribution in [2.75, 3.05) is 0 Å². The third-order valence-corrected chi connectivity index (χ3v) is 6.48. The quantitative estimate of drug-likeness (QED) is 0.0889. The Labute approximate surface area is 258 Å². The van der Waals surface area contributed by atoms with E-state index in [0.717, 1.165) is 9.52 Å². The first-order valence-electron chi connectivity index (χ1n) is 14.0. The molecular formula is C35H42Cl2SiZr. The van der Waals surface area contributed by atoms with Gasteiger partial charge in [0.2, 0.25) is 0 Å². The van der Waals surface area contributed by atoms with Gasteiger partial charge in [-0.1, -0.05) is 94.6 Å². The Morgan fingerprint density at radius 2 is 1.44 bits per heavy atom. The second-order valence-corrected chi connectivity index (χ2v) is 14.4. The molecule has 39 heavy (non-hydrogen) atoms. The molecule has 0 spiro atoms. The zero-order valence-electron chi connectivity index (χ0n) is 23.9. The van der Waals surface area contributed by atoms with E-state index in [1.54, 1.807) is 0 Å². The Morgan fingerprint density at radius 1 is 0.744 bits per heavy atom. The van der Waals surface area contributed by atoms with Crippen LogP contribution < -0.4 is 0 Å². The van der Waals surface area contributed by atoms with E-state index in [9.17, 15) is 0 Å². The van der Waals surface area contributed by atoms with Crippen molar-refractivity contribution in [2.24, 2.45) is 0 Å². The van der Waals surface area contributed by atoms with Crippen LogP contribution in [0.3, 0.4) is 0 Å². The Balaban J connectivity index is 0.000000290. The molecule has 2 radical (unpaired) electrons. The first-order valence-corrected chi connectivity index (χ1v) is 22.4. The maximum atomic E-state index is 4.93. The average molecular weight is 653 g/mol. The van der Waals surface area contributed by atoms with Gasteiger partial charge in [0.1, 0.15) is 0 Å². The summed E-state index contributed by atoms with van der Waals surface area (Å²) in [6.45, 7) is 8.82. The van der Waals surface area contributed by atoms with Gasteiger partial charge in [0.05, 0.1) is 0 Å². The molecule has 0 nitrogen and oxygen atoms in total. The maximum Gasteiger partial charge on any atom is -0.0809 e. The Morgan fingerprint density at radius 3 is 2.10 bits per heavy atom. The Kier molecular flexibility index (Phi) is 17.7. The number of hydrogen-bond donors (Lipinski definition) is 0. The molecule has 0 saturated heterocycles. The maximum absolute atomic E-state index is 4.93. The first kappa shape index (κ1) is 33.8. The minimum absolute atomic E-state index is 0.826. The fraction of sp³-hybridized carbons (Fsp3) is 0.314. The van der Waals surface area contributed by atoms with Crippen molar-refractivity contribution >= 4 is 48.1 Å². The van der Waals surface area contributed by atoms with Crippen molar-refractivity contribution in [1.82, 2.24) is 0 Å². The molecule has 0 saturated carbocycles. The SMILES string of the molecule is CCCCCCc1ccc(-c2cccc3[cH-]c(CCC)cc23)cc1.C[Si]C.[Cl][Zr+2][Cl].c1ccc2[cH-]ccc2c1. The van der Waals surface area contributed by atoms with Crippen LogP contribution in [0.1, 0.15) is 57.1 Å². The van der Waals surface area contributed by atoms with E-state index in [1.807, 2.05) is 0 Å². The summed E-state index contributed by atoms with van der Waals surface area (Å²) in [6, 6.07) is 35.3. The number of rotatable bonds is 8. The topological polar surface area (TPSA) is 0 Å². The second-order valence-electron chi connectivity index (χ2n) is 9.66. The van der Waals surface area contributed by atoms with Crippen LogP contribution in [0.25, 0.3) is 32.7 Å². The fourth-order valence-electron chi connectivity index (χ4n) is 4.66. The predicted octanol–water partition coefficient (Wildman–Crippen LogP) is 12.0. The molecule has 0 heterocycles.